The van der Waals surface area contributed by atoms with Crippen molar-refractivity contribution in [2.24, 2.45) is 0 Å². The van der Waals surface area contributed by atoms with Gasteiger partial charge in [-0.3, -0.25) is 4.98 Å². The van der Waals surface area contributed by atoms with Crippen molar-refractivity contribution in [2.75, 3.05) is 5.32 Å². The number of pyridine rings is 1. The quantitative estimate of drug-likeness (QED) is 0.839. The lowest BCUT2D eigenvalue weighted by molar-refractivity contribution is 0.628. The van der Waals surface area contributed by atoms with Gasteiger partial charge in [0.15, 0.2) is 5.11 Å². The van der Waals surface area contributed by atoms with Crippen LogP contribution in [0.15, 0.2) is 30.5 Å². The first-order valence-electron chi connectivity index (χ1n) is 7.25. The molecule has 1 heterocycles. The fraction of sp³-hybridized carbons (Fsp3) is 0.294. The molecule has 5 heteroatoms. The number of thiocarbonyl (C=S) groups is 1. The molecule has 0 bridgehead atoms. The van der Waals surface area contributed by atoms with E-state index in [4.69, 9.17) is 12.2 Å². The summed E-state index contributed by atoms with van der Waals surface area (Å²) in [5, 5.41) is 6.71. The molecule has 2 N–H and O–H groups in total. The summed E-state index contributed by atoms with van der Waals surface area (Å²) >= 11 is 5.27. The molecule has 0 fully saturated rings. The highest BCUT2D eigenvalue weighted by molar-refractivity contribution is 7.80. The molecular formula is C17H20FN3S. The van der Waals surface area contributed by atoms with Crippen LogP contribution in [0.3, 0.4) is 0 Å². The minimum atomic E-state index is -0.266. The smallest absolute Gasteiger partial charge is 0.171 e. The molecule has 0 aliphatic heterocycles. The number of benzene rings is 1. The van der Waals surface area contributed by atoms with E-state index in [0.717, 1.165) is 23.4 Å². The molecule has 0 unspecified atom stereocenters. The second-order valence-corrected chi connectivity index (χ2v) is 5.55. The molecule has 0 saturated carbocycles. The van der Waals surface area contributed by atoms with E-state index < -0.39 is 0 Å². The second-order valence-electron chi connectivity index (χ2n) is 5.14. The van der Waals surface area contributed by atoms with Crippen LogP contribution in [-0.4, -0.2) is 10.1 Å². The Balaban J connectivity index is 1.99. The zero-order valence-corrected chi connectivity index (χ0v) is 13.9. The maximum atomic E-state index is 12.9. The van der Waals surface area contributed by atoms with Crippen molar-refractivity contribution in [3.8, 4) is 0 Å². The SMILES string of the molecule is CCc1c(CNC(=S)Nc2ccc(F)cc2)cnc(C)c1C. The molecule has 0 radical (unpaired) electrons. The maximum Gasteiger partial charge on any atom is 0.171 e. The van der Waals surface area contributed by atoms with E-state index in [1.807, 2.05) is 13.1 Å². The molecule has 3 nitrogen and oxygen atoms in total. The van der Waals surface area contributed by atoms with Crippen LogP contribution in [0, 0.1) is 19.7 Å². The molecule has 116 valence electrons. The van der Waals surface area contributed by atoms with Crippen molar-refractivity contribution < 1.29 is 4.39 Å². The zero-order valence-electron chi connectivity index (χ0n) is 13.0. The largest absolute Gasteiger partial charge is 0.358 e. The molecule has 22 heavy (non-hydrogen) atoms. The second kappa shape index (κ2) is 7.31. The van der Waals surface area contributed by atoms with Crippen LogP contribution in [0.25, 0.3) is 0 Å². The minimum absolute atomic E-state index is 0.266. The topological polar surface area (TPSA) is 37.0 Å². The molecule has 0 aliphatic carbocycles. The molecule has 1 aromatic carbocycles. The van der Waals surface area contributed by atoms with Gasteiger partial charge in [-0.2, -0.15) is 0 Å². The van der Waals surface area contributed by atoms with Gasteiger partial charge in [-0.1, -0.05) is 6.92 Å². The van der Waals surface area contributed by atoms with Gasteiger partial charge in [0, 0.05) is 24.1 Å². The van der Waals surface area contributed by atoms with Crippen molar-refractivity contribution in [2.45, 2.75) is 33.7 Å². The number of nitrogens with one attached hydrogen (secondary N) is 2. The summed E-state index contributed by atoms with van der Waals surface area (Å²) in [7, 11) is 0. The van der Waals surface area contributed by atoms with Gasteiger partial charge in [0.1, 0.15) is 5.82 Å². The number of halogens is 1. The molecule has 0 spiro atoms. The number of nitrogens with zero attached hydrogens (tertiary/aromatic N) is 1. The lowest BCUT2D eigenvalue weighted by atomic mass is 10.0. The van der Waals surface area contributed by atoms with E-state index in [1.165, 1.54) is 23.3 Å². The number of aryl methyl sites for hydroxylation is 1. The minimum Gasteiger partial charge on any atom is -0.358 e. The Labute approximate surface area is 136 Å². The molecule has 0 amide bonds. The van der Waals surface area contributed by atoms with E-state index in [9.17, 15) is 4.39 Å². The molecule has 2 rings (SSSR count). The molecule has 0 atom stereocenters. The summed E-state index contributed by atoms with van der Waals surface area (Å²) in [6, 6.07) is 6.09. The fourth-order valence-electron chi connectivity index (χ4n) is 2.34. The van der Waals surface area contributed by atoms with Crippen molar-refractivity contribution in [1.82, 2.24) is 10.3 Å². The van der Waals surface area contributed by atoms with Crippen LogP contribution >= 0.6 is 12.2 Å². The fourth-order valence-corrected chi connectivity index (χ4v) is 2.53. The third-order valence-corrected chi connectivity index (χ3v) is 3.94. The van der Waals surface area contributed by atoms with E-state index in [2.05, 4.69) is 29.5 Å². The van der Waals surface area contributed by atoms with Crippen LogP contribution < -0.4 is 10.6 Å². The van der Waals surface area contributed by atoms with E-state index >= 15 is 0 Å². The average molecular weight is 317 g/mol. The molecule has 0 saturated heterocycles. The third kappa shape index (κ3) is 4.01. The number of hydrogen-bond acceptors (Lipinski definition) is 2. The highest BCUT2D eigenvalue weighted by atomic mass is 32.1. The number of anilines is 1. The lowest BCUT2D eigenvalue weighted by Gasteiger charge is -2.15. The Kier molecular flexibility index (Phi) is 5.44. The van der Waals surface area contributed by atoms with E-state index in [1.54, 1.807) is 12.1 Å². The summed E-state index contributed by atoms with van der Waals surface area (Å²) in [6.45, 7) is 6.87. The number of hydrogen-bond donors (Lipinski definition) is 2. The average Bonchev–Trinajstić information content (AvgIpc) is 2.51. The van der Waals surface area contributed by atoms with E-state index in [-0.39, 0.29) is 5.82 Å². The zero-order chi connectivity index (χ0) is 16.1. The summed E-state index contributed by atoms with van der Waals surface area (Å²) < 4.78 is 12.9. The van der Waals surface area contributed by atoms with Gasteiger partial charge in [-0.05, 0) is 73.4 Å². The summed E-state index contributed by atoms with van der Waals surface area (Å²) in [6.07, 6.45) is 2.86. The molecular weight excluding hydrogens is 297 g/mol. The summed E-state index contributed by atoms with van der Waals surface area (Å²) in [4.78, 5) is 4.41. The van der Waals surface area contributed by atoms with Crippen molar-refractivity contribution >= 4 is 23.0 Å². The Hall–Kier alpha value is -2.01. The summed E-state index contributed by atoms with van der Waals surface area (Å²) in [5.74, 6) is -0.266. The standard InChI is InChI=1S/C17H20FN3S/c1-4-16-11(2)12(3)19-9-13(16)10-20-17(22)21-15-7-5-14(18)6-8-15/h5-9H,4,10H2,1-3H3,(H2,20,21,22). The first kappa shape index (κ1) is 16.4. The van der Waals surface area contributed by atoms with Crippen LogP contribution in [-0.2, 0) is 13.0 Å². The van der Waals surface area contributed by atoms with Crippen molar-refractivity contribution in [3.05, 3.63) is 58.7 Å². The van der Waals surface area contributed by atoms with Crippen LogP contribution in [0.4, 0.5) is 10.1 Å². The Morgan fingerprint density at radius 3 is 2.55 bits per heavy atom. The first-order chi connectivity index (χ1) is 10.5. The predicted octanol–water partition coefficient (Wildman–Crippen LogP) is 3.89. The van der Waals surface area contributed by atoms with Crippen molar-refractivity contribution in [1.29, 1.82) is 0 Å². The van der Waals surface area contributed by atoms with Crippen LogP contribution in [0.1, 0.15) is 29.3 Å². The highest BCUT2D eigenvalue weighted by Crippen LogP contribution is 2.16. The van der Waals surface area contributed by atoms with Gasteiger partial charge >= 0.3 is 0 Å². The Bertz CT molecular complexity index is 668. The predicted molar refractivity (Wildman–Crippen MR) is 92.5 cm³/mol. The van der Waals surface area contributed by atoms with Gasteiger partial charge in [0.25, 0.3) is 0 Å². The van der Waals surface area contributed by atoms with Crippen LogP contribution in [0.5, 0.6) is 0 Å². The third-order valence-electron chi connectivity index (χ3n) is 3.69. The normalized spacial score (nSPS) is 10.4. The Morgan fingerprint density at radius 1 is 1.23 bits per heavy atom. The monoisotopic (exact) mass is 317 g/mol. The van der Waals surface area contributed by atoms with E-state index in [0.29, 0.717) is 11.7 Å². The van der Waals surface area contributed by atoms with Gasteiger partial charge in [0.05, 0.1) is 0 Å². The van der Waals surface area contributed by atoms with Gasteiger partial charge < -0.3 is 10.6 Å². The molecule has 2 aromatic rings. The Morgan fingerprint density at radius 2 is 1.91 bits per heavy atom. The molecule has 0 aliphatic rings. The maximum absolute atomic E-state index is 12.9. The number of aromatic nitrogens is 1. The number of rotatable bonds is 4. The van der Waals surface area contributed by atoms with Crippen molar-refractivity contribution in [3.63, 3.8) is 0 Å². The summed E-state index contributed by atoms with van der Waals surface area (Å²) in [5.41, 5.74) is 5.51. The van der Waals surface area contributed by atoms with Gasteiger partial charge in [-0.25, -0.2) is 4.39 Å². The molecule has 1 aromatic heterocycles. The van der Waals surface area contributed by atoms with Gasteiger partial charge in [0.2, 0.25) is 0 Å². The highest BCUT2D eigenvalue weighted by Gasteiger charge is 2.08. The first-order valence-corrected chi connectivity index (χ1v) is 7.66. The lowest BCUT2D eigenvalue weighted by Crippen LogP contribution is -2.28. The van der Waals surface area contributed by atoms with Crippen LogP contribution in [0.2, 0.25) is 0 Å². The van der Waals surface area contributed by atoms with Gasteiger partial charge in [-0.15, -0.1) is 0 Å².